The van der Waals surface area contributed by atoms with Crippen molar-refractivity contribution in [3.63, 3.8) is 0 Å². The van der Waals surface area contributed by atoms with E-state index in [9.17, 15) is 4.79 Å². The smallest absolute Gasteiger partial charge is 0.233 e. The molecule has 1 aromatic heterocycles. The fourth-order valence-electron chi connectivity index (χ4n) is 2.40. The first kappa shape index (κ1) is 17.9. The van der Waals surface area contributed by atoms with E-state index in [4.69, 9.17) is 4.98 Å². The fourth-order valence-corrected chi connectivity index (χ4v) is 3.63. The Kier molecular flexibility index (Phi) is 5.71. The molecule has 0 saturated carbocycles. The molecule has 1 unspecified atom stereocenters. The summed E-state index contributed by atoms with van der Waals surface area (Å²) in [4.78, 5) is 21.5. The van der Waals surface area contributed by atoms with Gasteiger partial charge in [-0.05, 0) is 32.0 Å². The maximum atomic E-state index is 12.1. The van der Waals surface area contributed by atoms with Crippen LogP contribution in [0.5, 0.6) is 0 Å². The molecule has 1 atom stereocenters. The Balaban J connectivity index is 2.03. The van der Waals surface area contributed by atoms with Gasteiger partial charge in [-0.3, -0.25) is 4.79 Å². The van der Waals surface area contributed by atoms with Crippen LogP contribution >= 0.6 is 27.7 Å². The minimum atomic E-state index is -0.226. The lowest BCUT2D eigenvalue weighted by Gasteiger charge is -2.13. The van der Waals surface area contributed by atoms with E-state index in [1.165, 1.54) is 11.8 Å². The number of hydrogen-bond donors (Lipinski definition) is 1. The third-order valence-electron chi connectivity index (χ3n) is 3.68. The molecule has 3 rings (SSSR count). The van der Waals surface area contributed by atoms with E-state index in [1.54, 1.807) is 0 Å². The molecule has 4 nitrogen and oxygen atoms in total. The van der Waals surface area contributed by atoms with Gasteiger partial charge in [0.1, 0.15) is 5.03 Å². The van der Waals surface area contributed by atoms with Gasteiger partial charge in [-0.15, -0.1) is 0 Å². The summed E-state index contributed by atoms with van der Waals surface area (Å²) in [5.41, 5.74) is 1.82. The molecule has 1 N–H and O–H groups in total. The van der Waals surface area contributed by atoms with E-state index in [-0.39, 0.29) is 11.2 Å². The summed E-state index contributed by atoms with van der Waals surface area (Å²) in [5.74, 6) is 0.678. The van der Waals surface area contributed by atoms with Crippen molar-refractivity contribution >= 4 is 44.5 Å². The second-order valence-corrected chi connectivity index (χ2v) is 7.78. The summed E-state index contributed by atoms with van der Waals surface area (Å²) in [5, 5.41) is 4.42. The summed E-state index contributed by atoms with van der Waals surface area (Å²) in [6.45, 7) is 4.44. The van der Waals surface area contributed by atoms with Crippen LogP contribution in [0.3, 0.4) is 0 Å². The number of para-hydroxylation sites is 1. The van der Waals surface area contributed by atoms with Gasteiger partial charge >= 0.3 is 0 Å². The highest BCUT2D eigenvalue weighted by molar-refractivity contribution is 9.10. The van der Waals surface area contributed by atoms with E-state index in [0.717, 1.165) is 26.0 Å². The first-order valence-corrected chi connectivity index (χ1v) is 9.73. The maximum Gasteiger partial charge on any atom is 0.233 e. The Labute approximate surface area is 159 Å². The number of aromatic nitrogens is 2. The molecule has 2 aromatic carbocycles. The first-order chi connectivity index (χ1) is 12.1. The van der Waals surface area contributed by atoms with Gasteiger partial charge in [0.2, 0.25) is 5.91 Å². The Bertz CT molecular complexity index is 899. The summed E-state index contributed by atoms with van der Waals surface area (Å²) in [6.07, 6.45) is 0. The minimum Gasteiger partial charge on any atom is -0.355 e. The van der Waals surface area contributed by atoms with Crippen molar-refractivity contribution in [2.75, 3.05) is 6.54 Å². The van der Waals surface area contributed by atoms with Crippen molar-refractivity contribution in [3.8, 4) is 11.4 Å². The van der Waals surface area contributed by atoms with Gasteiger partial charge in [-0.1, -0.05) is 58.0 Å². The number of carbonyl (C=O) groups is 1. The van der Waals surface area contributed by atoms with Crippen LogP contribution in [-0.2, 0) is 4.79 Å². The van der Waals surface area contributed by atoms with Gasteiger partial charge < -0.3 is 5.32 Å². The highest BCUT2D eigenvalue weighted by atomic mass is 79.9. The summed E-state index contributed by atoms with van der Waals surface area (Å²) in [7, 11) is 0. The van der Waals surface area contributed by atoms with E-state index in [2.05, 4.69) is 26.2 Å². The van der Waals surface area contributed by atoms with Crippen LogP contribution in [0.4, 0.5) is 0 Å². The lowest BCUT2D eigenvalue weighted by atomic mass is 10.2. The lowest BCUT2D eigenvalue weighted by Crippen LogP contribution is -2.30. The quantitative estimate of drug-likeness (QED) is 0.485. The molecule has 0 saturated heterocycles. The predicted molar refractivity (Wildman–Crippen MR) is 107 cm³/mol. The fraction of sp³-hybridized carbons (Fsp3) is 0.211. The second-order valence-electron chi connectivity index (χ2n) is 5.53. The molecule has 0 aliphatic heterocycles. The molecular weight excluding hydrogens is 398 g/mol. The molecule has 0 aliphatic carbocycles. The monoisotopic (exact) mass is 415 g/mol. The average Bonchev–Trinajstić information content (AvgIpc) is 2.62. The third kappa shape index (κ3) is 4.19. The zero-order chi connectivity index (χ0) is 17.8. The normalized spacial score (nSPS) is 12.1. The Morgan fingerprint density at radius 2 is 1.88 bits per heavy atom. The summed E-state index contributed by atoms with van der Waals surface area (Å²) < 4.78 is 1.01. The van der Waals surface area contributed by atoms with Gasteiger partial charge in [-0.25, -0.2) is 9.97 Å². The van der Waals surface area contributed by atoms with Gasteiger partial charge in [0.15, 0.2) is 5.82 Å². The van der Waals surface area contributed by atoms with Crippen molar-refractivity contribution in [2.24, 2.45) is 0 Å². The van der Waals surface area contributed by atoms with Crippen molar-refractivity contribution in [1.29, 1.82) is 0 Å². The Morgan fingerprint density at radius 3 is 2.60 bits per heavy atom. The predicted octanol–water partition coefficient (Wildman–Crippen LogP) is 4.68. The van der Waals surface area contributed by atoms with Gasteiger partial charge in [-0.2, -0.15) is 0 Å². The SMILES string of the molecule is CCNC(=O)C(C)Sc1nc(-c2ccc(Br)cc2)nc2ccccc12. The number of fused-ring (bicyclic) bond motifs is 1. The third-order valence-corrected chi connectivity index (χ3v) is 5.31. The highest BCUT2D eigenvalue weighted by Gasteiger charge is 2.17. The molecule has 128 valence electrons. The number of benzene rings is 2. The molecule has 0 fully saturated rings. The molecule has 1 heterocycles. The molecule has 25 heavy (non-hydrogen) atoms. The molecule has 6 heteroatoms. The van der Waals surface area contributed by atoms with Crippen LogP contribution in [0.2, 0.25) is 0 Å². The Morgan fingerprint density at radius 1 is 1.16 bits per heavy atom. The number of rotatable bonds is 5. The molecule has 3 aromatic rings. The number of hydrogen-bond acceptors (Lipinski definition) is 4. The van der Waals surface area contributed by atoms with Crippen LogP contribution in [-0.4, -0.2) is 27.7 Å². The number of nitrogens with zero attached hydrogens (tertiary/aromatic N) is 2. The largest absolute Gasteiger partial charge is 0.355 e. The number of halogens is 1. The van der Waals surface area contributed by atoms with Crippen molar-refractivity contribution in [1.82, 2.24) is 15.3 Å². The lowest BCUT2D eigenvalue weighted by molar-refractivity contribution is -0.120. The number of amides is 1. The minimum absolute atomic E-state index is 0.0142. The van der Waals surface area contributed by atoms with Crippen LogP contribution in [0.15, 0.2) is 58.0 Å². The average molecular weight is 416 g/mol. The van der Waals surface area contributed by atoms with Crippen LogP contribution in [0.1, 0.15) is 13.8 Å². The molecule has 0 spiro atoms. The van der Waals surface area contributed by atoms with Gasteiger partial charge in [0, 0.05) is 22.0 Å². The van der Waals surface area contributed by atoms with E-state index >= 15 is 0 Å². The molecule has 0 radical (unpaired) electrons. The number of nitrogens with one attached hydrogen (secondary N) is 1. The topological polar surface area (TPSA) is 54.9 Å². The van der Waals surface area contributed by atoms with Crippen molar-refractivity contribution < 1.29 is 4.79 Å². The van der Waals surface area contributed by atoms with Crippen LogP contribution in [0, 0.1) is 0 Å². The zero-order valence-electron chi connectivity index (χ0n) is 14.0. The molecule has 0 bridgehead atoms. The van der Waals surface area contributed by atoms with E-state index in [0.29, 0.717) is 12.4 Å². The maximum absolute atomic E-state index is 12.1. The molecular formula is C19H18BrN3OS. The van der Waals surface area contributed by atoms with E-state index in [1.807, 2.05) is 62.4 Å². The van der Waals surface area contributed by atoms with Gasteiger partial charge in [0.05, 0.1) is 10.8 Å². The summed E-state index contributed by atoms with van der Waals surface area (Å²) >= 11 is 4.91. The van der Waals surface area contributed by atoms with Gasteiger partial charge in [0.25, 0.3) is 0 Å². The molecule has 0 aliphatic rings. The number of thioether (sulfide) groups is 1. The second kappa shape index (κ2) is 7.97. The first-order valence-electron chi connectivity index (χ1n) is 8.05. The number of carbonyl (C=O) groups excluding carboxylic acids is 1. The molecule has 1 amide bonds. The summed E-state index contributed by atoms with van der Waals surface area (Å²) in [6, 6.07) is 15.8. The standard InChI is InChI=1S/C19H18BrN3OS/c1-3-21-18(24)12(2)25-19-15-6-4-5-7-16(15)22-17(23-19)13-8-10-14(20)11-9-13/h4-12H,3H2,1-2H3,(H,21,24). The van der Waals surface area contributed by atoms with Crippen LogP contribution in [0.25, 0.3) is 22.3 Å². The zero-order valence-corrected chi connectivity index (χ0v) is 16.4. The van der Waals surface area contributed by atoms with Crippen molar-refractivity contribution in [3.05, 3.63) is 53.0 Å². The van der Waals surface area contributed by atoms with Crippen molar-refractivity contribution in [2.45, 2.75) is 24.1 Å². The highest BCUT2D eigenvalue weighted by Crippen LogP contribution is 2.31. The van der Waals surface area contributed by atoms with Crippen LogP contribution < -0.4 is 5.32 Å². The Hall–Kier alpha value is -1.92. The van der Waals surface area contributed by atoms with E-state index < -0.39 is 0 Å².